The van der Waals surface area contributed by atoms with Crippen molar-refractivity contribution in [1.82, 2.24) is 14.9 Å². The van der Waals surface area contributed by atoms with Crippen molar-refractivity contribution in [2.24, 2.45) is 0 Å². The highest BCUT2D eigenvalue weighted by Gasteiger charge is 2.21. The van der Waals surface area contributed by atoms with Gasteiger partial charge >= 0.3 is 6.03 Å². The number of nitrogens with one attached hydrogen (secondary N) is 2. The van der Waals surface area contributed by atoms with Gasteiger partial charge in [-0.3, -0.25) is 0 Å². The summed E-state index contributed by atoms with van der Waals surface area (Å²) in [7, 11) is -3.47. The molecule has 2 amide bonds. The summed E-state index contributed by atoms with van der Waals surface area (Å²) in [4.78, 5) is 12.1. The highest BCUT2D eigenvalue weighted by molar-refractivity contribution is 7.89. The quantitative estimate of drug-likeness (QED) is 0.703. The fraction of sp³-hybridized carbons (Fsp3) is 0.286. The zero-order valence-corrected chi connectivity index (χ0v) is 16.9. The molecule has 0 aliphatic rings. The van der Waals surface area contributed by atoms with Crippen LogP contribution in [0.25, 0.3) is 0 Å². The molecule has 0 unspecified atom stereocenters. The van der Waals surface area contributed by atoms with Crippen molar-refractivity contribution < 1.29 is 13.2 Å². The van der Waals surface area contributed by atoms with Gasteiger partial charge in [0.15, 0.2) is 0 Å². The summed E-state index contributed by atoms with van der Waals surface area (Å²) in [5.41, 5.74) is 1.70. The predicted molar refractivity (Wildman–Crippen MR) is 110 cm³/mol. The van der Waals surface area contributed by atoms with Gasteiger partial charge < -0.3 is 10.6 Å². The molecule has 0 saturated carbocycles. The molecule has 6 nitrogen and oxygen atoms in total. The molecule has 2 aromatic rings. The minimum atomic E-state index is -3.47. The molecule has 0 aliphatic carbocycles. The summed E-state index contributed by atoms with van der Waals surface area (Å²) in [6.07, 6.45) is 0. The van der Waals surface area contributed by atoms with Gasteiger partial charge in [-0.25, -0.2) is 13.2 Å². The molecule has 0 aliphatic heterocycles. The van der Waals surface area contributed by atoms with Crippen LogP contribution in [0.15, 0.2) is 59.5 Å². The van der Waals surface area contributed by atoms with Gasteiger partial charge in [0, 0.05) is 25.2 Å². The van der Waals surface area contributed by atoms with Crippen molar-refractivity contribution in [3.8, 4) is 11.8 Å². The summed E-state index contributed by atoms with van der Waals surface area (Å²) >= 11 is 0. The Labute approximate surface area is 167 Å². The van der Waals surface area contributed by atoms with E-state index in [-0.39, 0.29) is 17.5 Å². The lowest BCUT2D eigenvalue weighted by atomic mass is 10.2. The van der Waals surface area contributed by atoms with Crippen molar-refractivity contribution in [2.45, 2.75) is 25.3 Å². The number of hydrogen-bond donors (Lipinski definition) is 2. The van der Waals surface area contributed by atoms with Crippen LogP contribution in [0.5, 0.6) is 0 Å². The van der Waals surface area contributed by atoms with Crippen molar-refractivity contribution in [1.29, 1.82) is 0 Å². The predicted octanol–water partition coefficient (Wildman–Crippen LogP) is 2.57. The molecular formula is C21H25N3O3S. The Morgan fingerprint density at radius 1 is 0.964 bits per heavy atom. The molecule has 0 spiro atoms. The Bertz CT molecular complexity index is 926. The van der Waals surface area contributed by atoms with Gasteiger partial charge in [0.2, 0.25) is 10.0 Å². The summed E-state index contributed by atoms with van der Waals surface area (Å²) < 4.78 is 26.3. The smallest absolute Gasteiger partial charge is 0.315 e. The third-order valence-corrected chi connectivity index (χ3v) is 6.13. The van der Waals surface area contributed by atoms with Gasteiger partial charge in [-0.15, -0.1) is 0 Å². The van der Waals surface area contributed by atoms with E-state index in [2.05, 4.69) is 22.5 Å². The highest BCUT2D eigenvalue weighted by Crippen LogP contribution is 2.16. The topological polar surface area (TPSA) is 78.5 Å². The second-order valence-corrected chi connectivity index (χ2v) is 7.88. The van der Waals surface area contributed by atoms with Gasteiger partial charge in [-0.1, -0.05) is 56.0 Å². The average molecular weight is 400 g/mol. The summed E-state index contributed by atoms with van der Waals surface area (Å²) in [6, 6.07) is 15.7. The van der Waals surface area contributed by atoms with E-state index in [9.17, 15) is 13.2 Å². The van der Waals surface area contributed by atoms with E-state index in [1.54, 1.807) is 24.3 Å². The number of amides is 2. The van der Waals surface area contributed by atoms with Crippen LogP contribution in [0.3, 0.4) is 0 Å². The molecule has 2 N–H and O–H groups in total. The van der Waals surface area contributed by atoms with Gasteiger partial charge in [-0.2, -0.15) is 4.31 Å². The standard InChI is InChI=1S/C21H25N3O3S/c1-3-24(4-2)28(26,27)20-14-12-19(13-15-20)17-23-21(25)22-16-8-11-18-9-6-5-7-10-18/h5-7,9-10,12-15H,3-4,16-17H2,1-2H3,(H2,22,23,25). The largest absolute Gasteiger partial charge is 0.334 e. The van der Waals surface area contributed by atoms with Crippen molar-refractivity contribution in [2.75, 3.05) is 19.6 Å². The van der Waals surface area contributed by atoms with Gasteiger partial charge in [0.1, 0.15) is 0 Å². The number of sulfonamides is 1. The first-order valence-corrected chi connectivity index (χ1v) is 10.6. The Morgan fingerprint density at radius 2 is 1.61 bits per heavy atom. The molecule has 0 fully saturated rings. The molecule has 0 radical (unpaired) electrons. The summed E-state index contributed by atoms with van der Waals surface area (Å²) in [5.74, 6) is 5.84. The SMILES string of the molecule is CCN(CC)S(=O)(=O)c1ccc(CNC(=O)NCC#Cc2ccccc2)cc1. The normalized spacial score (nSPS) is 10.8. The number of carbonyl (C=O) groups is 1. The molecule has 148 valence electrons. The molecule has 2 rings (SSSR count). The monoisotopic (exact) mass is 399 g/mol. The molecule has 0 heterocycles. The second kappa shape index (κ2) is 10.5. The highest BCUT2D eigenvalue weighted by atomic mass is 32.2. The van der Waals surface area contributed by atoms with Crippen molar-refractivity contribution in [3.05, 3.63) is 65.7 Å². The van der Waals surface area contributed by atoms with Crippen molar-refractivity contribution >= 4 is 16.1 Å². The molecular weight excluding hydrogens is 374 g/mol. The van der Waals surface area contributed by atoms with E-state index < -0.39 is 10.0 Å². The van der Waals surface area contributed by atoms with E-state index in [0.29, 0.717) is 19.6 Å². The number of rotatable bonds is 7. The van der Waals surface area contributed by atoms with Crippen LogP contribution >= 0.6 is 0 Å². The molecule has 7 heteroatoms. The van der Waals surface area contributed by atoms with E-state index in [0.717, 1.165) is 11.1 Å². The molecule has 0 saturated heterocycles. The lowest BCUT2D eigenvalue weighted by Crippen LogP contribution is -2.35. The van der Waals surface area contributed by atoms with Crippen LogP contribution in [0.1, 0.15) is 25.0 Å². The Morgan fingerprint density at radius 3 is 2.21 bits per heavy atom. The zero-order chi connectivity index (χ0) is 20.4. The fourth-order valence-corrected chi connectivity index (χ4v) is 3.99. The lowest BCUT2D eigenvalue weighted by Gasteiger charge is -2.18. The van der Waals surface area contributed by atoms with E-state index in [1.807, 2.05) is 44.2 Å². The van der Waals surface area contributed by atoms with Crippen LogP contribution in [-0.2, 0) is 16.6 Å². The van der Waals surface area contributed by atoms with Crippen LogP contribution < -0.4 is 10.6 Å². The van der Waals surface area contributed by atoms with E-state index in [1.165, 1.54) is 4.31 Å². The minimum absolute atomic E-state index is 0.238. The van der Waals surface area contributed by atoms with Gasteiger partial charge in [0.25, 0.3) is 0 Å². The first-order chi connectivity index (χ1) is 13.5. The maximum atomic E-state index is 12.5. The number of carbonyl (C=O) groups excluding carboxylic acids is 1. The Balaban J connectivity index is 1.83. The minimum Gasteiger partial charge on any atom is -0.334 e. The van der Waals surface area contributed by atoms with Crippen LogP contribution in [0, 0.1) is 11.8 Å². The number of nitrogens with zero attached hydrogens (tertiary/aromatic N) is 1. The van der Waals surface area contributed by atoms with Crippen LogP contribution in [0.4, 0.5) is 4.79 Å². The van der Waals surface area contributed by atoms with Crippen LogP contribution in [-0.4, -0.2) is 38.4 Å². The second-order valence-electron chi connectivity index (χ2n) is 5.94. The maximum absolute atomic E-state index is 12.5. The number of urea groups is 1. The molecule has 0 bridgehead atoms. The molecule has 28 heavy (non-hydrogen) atoms. The fourth-order valence-electron chi connectivity index (χ4n) is 2.53. The first kappa shape index (κ1) is 21.5. The molecule has 0 atom stereocenters. The number of benzene rings is 2. The van der Waals surface area contributed by atoms with E-state index >= 15 is 0 Å². The first-order valence-electron chi connectivity index (χ1n) is 9.12. The third-order valence-electron chi connectivity index (χ3n) is 4.06. The Hall–Kier alpha value is -2.82. The third kappa shape index (κ3) is 6.12. The summed E-state index contributed by atoms with van der Waals surface area (Å²) in [6.45, 7) is 5.00. The maximum Gasteiger partial charge on any atom is 0.315 e. The van der Waals surface area contributed by atoms with Gasteiger partial charge in [-0.05, 0) is 29.8 Å². The van der Waals surface area contributed by atoms with Gasteiger partial charge in [0.05, 0.1) is 11.4 Å². The molecule has 0 aromatic heterocycles. The molecule has 2 aromatic carbocycles. The van der Waals surface area contributed by atoms with Crippen LogP contribution in [0.2, 0.25) is 0 Å². The van der Waals surface area contributed by atoms with Crippen molar-refractivity contribution in [3.63, 3.8) is 0 Å². The van der Waals surface area contributed by atoms with E-state index in [4.69, 9.17) is 0 Å². The Kier molecular flexibility index (Phi) is 8.05. The number of hydrogen-bond acceptors (Lipinski definition) is 3. The lowest BCUT2D eigenvalue weighted by molar-refractivity contribution is 0.241. The summed E-state index contributed by atoms with van der Waals surface area (Å²) in [5, 5.41) is 5.39. The zero-order valence-electron chi connectivity index (χ0n) is 16.1. The average Bonchev–Trinajstić information content (AvgIpc) is 2.71.